The van der Waals surface area contributed by atoms with Crippen LogP contribution in [0.5, 0.6) is 0 Å². The van der Waals surface area contributed by atoms with Crippen LogP contribution in [0.25, 0.3) is 11.3 Å². The van der Waals surface area contributed by atoms with Crippen molar-refractivity contribution in [1.82, 2.24) is 10.1 Å². The van der Waals surface area contributed by atoms with E-state index in [0.717, 1.165) is 32.1 Å². The molecular formula is C20H23ClN2O4S. The van der Waals surface area contributed by atoms with Crippen molar-refractivity contribution in [3.8, 4) is 11.3 Å². The van der Waals surface area contributed by atoms with Crippen molar-refractivity contribution in [2.45, 2.75) is 49.5 Å². The number of carbonyl (C=O) groups excluding carboxylic acids is 1. The van der Waals surface area contributed by atoms with Gasteiger partial charge in [-0.2, -0.15) is 0 Å². The molecule has 28 heavy (non-hydrogen) atoms. The molecule has 0 spiro atoms. The second-order valence-corrected chi connectivity index (χ2v) is 10.5. The number of hydrogen-bond acceptors (Lipinski definition) is 5. The molecule has 0 unspecified atom stereocenters. The Balaban J connectivity index is 1.52. The minimum absolute atomic E-state index is 0.226. The van der Waals surface area contributed by atoms with E-state index in [4.69, 9.17) is 16.1 Å². The number of rotatable bonds is 4. The number of aromatic nitrogens is 1. The van der Waals surface area contributed by atoms with Gasteiger partial charge in [0.05, 0.1) is 15.5 Å². The van der Waals surface area contributed by atoms with Crippen molar-refractivity contribution in [2.75, 3.05) is 13.1 Å². The van der Waals surface area contributed by atoms with E-state index in [-0.39, 0.29) is 24.2 Å². The Morgan fingerprint density at radius 1 is 1.14 bits per heavy atom. The second kappa shape index (κ2) is 7.52. The van der Waals surface area contributed by atoms with Crippen LogP contribution < -0.4 is 0 Å². The van der Waals surface area contributed by atoms with Gasteiger partial charge >= 0.3 is 0 Å². The summed E-state index contributed by atoms with van der Waals surface area (Å²) in [6.45, 7) is 2.13. The van der Waals surface area contributed by atoms with Crippen molar-refractivity contribution in [2.24, 2.45) is 0 Å². The van der Waals surface area contributed by atoms with Crippen molar-refractivity contribution >= 4 is 27.3 Å². The lowest BCUT2D eigenvalue weighted by molar-refractivity contribution is 0.0657. The number of benzene rings is 1. The average molecular weight is 423 g/mol. The maximum Gasteiger partial charge on any atom is 0.259 e. The summed E-state index contributed by atoms with van der Waals surface area (Å²) in [6.07, 6.45) is 4.54. The number of nitrogens with zero attached hydrogens (tertiary/aromatic N) is 2. The zero-order valence-corrected chi connectivity index (χ0v) is 17.3. The zero-order chi connectivity index (χ0) is 19.9. The van der Waals surface area contributed by atoms with Crippen molar-refractivity contribution in [3.05, 3.63) is 40.6 Å². The molecule has 0 atom stereocenters. The third kappa shape index (κ3) is 3.35. The van der Waals surface area contributed by atoms with Gasteiger partial charge in [0.25, 0.3) is 5.91 Å². The van der Waals surface area contributed by atoms with Crippen LogP contribution in [-0.2, 0) is 9.84 Å². The minimum atomic E-state index is -3.19. The molecule has 2 aliphatic rings. The first-order valence-corrected chi connectivity index (χ1v) is 11.6. The van der Waals surface area contributed by atoms with E-state index in [1.54, 1.807) is 30.0 Å². The molecular weight excluding hydrogens is 400 g/mol. The monoisotopic (exact) mass is 422 g/mol. The molecule has 1 saturated heterocycles. The lowest BCUT2D eigenvalue weighted by Gasteiger charge is -2.40. The third-order valence-electron chi connectivity index (χ3n) is 5.82. The summed E-state index contributed by atoms with van der Waals surface area (Å²) in [7, 11) is -3.19. The molecule has 0 radical (unpaired) electrons. The number of aryl methyl sites for hydroxylation is 1. The fraction of sp³-hybridized carbons (Fsp3) is 0.500. The number of hydrogen-bond donors (Lipinski definition) is 0. The predicted octanol–water partition coefficient (Wildman–Crippen LogP) is 3.88. The molecule has 1 aromatic heterocycles. The standard InChI is InChI=1S/C20H23ClN2O4S/c1-13-18(19(22-27-13)16-9-5-6-10-17(16)21)20(24)23-11-15(12-23)28(25,26)14-7-3-2-4-8-14/h5-6,9-10,14-15H,2-4,7-8,11-12H2,1H3. The van der Waals surface area contributed by atoms with Crippen LogP contribution in [0.2, 0.25) is 5.02 Å². The van der Waals surface area contributed by atoms with E-state index in [9.17, 15) is 13.2 Å². The van der Waals surface area contributed by atoms with Crippen molar-refractivity contribution < 1.29 is 17.7 Å². The smallest absolute Gasteiger partial charge is 0.259 e. The number of amides is 1. The fourth-order valence-corrected chi connectivity index (χ4v) is 6.63. The topological polar surface area (TPSA) is 80.5 Å². The van der Waals surface area contributed by atoms with Gasteiger partial charge in [-0.15, -0.1) is 0 Å². The molecule has 4 rings (SSSR count). The summed E-state index contributed by atoms with van der Waals surface area (Å²) in [6, 6.07) is 7.13. The minimum Gasteiger partial charge on any atom is -0.360 e. The first kappa shape index (κ1) is 19.5. The normalized spacial score (nSPS) is 18.9. The Morgan fingerprint density at radius 3 is 2.50 bits per heavy atom. The molecule has 1 aliphatic heterocycles. The maximum absolute atomic E-state index is 13.1. The molecule has 6 nitrogen and oxygen atoms in total. The van der Waals surface area contributed by atoms with Crippen molar-refractivity contribution in [1.29, 1.82) is 0 Å². The zero-order valence-electron chi connectivity index (χ0n) is 15.7. The highest BCUT2D eigenvalue weighted by atomic mass is 35.5. The molecule has 8 heteroatoms. The summed E-state index contributed by atoms with van der Waals surface area (Å²) in [5.41, 5.74) is 1.37. The van der Waals surface area contributed by atoms with Crippen LogP contribution in [0.15, 0.2) is 28.8 Å². The highest BCUT2D eigenvalue weighted by Crippen LogP contribution is 2.34. The molecule has 1 saturated carbocycles. The maximum atomic E-state index is 13.1. The molecule has 0 N–H and O–H groups in total. The number of halogens is 1. The van der Waals surface area contributed by atoms with Gasteiger partial charge in [0.1, 0.15) is 17.0 Å². The van der Waals surface area contributed by atoms with Crippen LogP contribution in [-0.4, -0.2) is 48.0 Å². The number of likely N-dealkylation sites (tertiary alicyclic amines) is 1. The predicted molar refractivity (Wildman–Crippen MR) is 107 cm³/mol. The fourth-order valence-electron chi connectivity index (χ4n) is 4.10. The summed E-state index contributed by atoms with van der Waals surface area (Å²) in [4.78, 5) is 14.6. The quantitative estimate of drug-likeness (QED) is 0.746. The van der Waals surface area contributed by atoms with Gasteiger partial charge in [-0.1, -0.05) is 54.2 Å². The molecule has 150 valence electrons. The van der Waals surface area contributed by atoms with E-state index in [1.807, 2.05) is 6.07 Å². The van der Waals surface area contributed by atoms with Crippen LogP contribution in [0.1, 0.15) is 48.2 Å². The Hall–Kier alpha value is -1.86. The number of carbonyl (C=O) groups is 1. The van der Waals surface area contributed by atoms with Crippen molar-refractivity contribution in [3.63, 3.8) is 0 Å². The van der Waals surface area contributed by atoms with E-state index in [1.165, 1.54) is 0 Å². The Morgan fingerprint density at radius 2 is 1.82 bits per heavy atom. The summed E-state index contributed by atoms with van der Waals surface area (Å²) in [5.74, 6) is 0.141. The van der Waals surface area contributed by atoms with Gasteiger partial charge in [0, 0.05) is 18.7 Å². The van der Waals surface area contributed by atoms with Crippen LogP contribution >= 0.6 is 11.6 Å². The van der Waals surface area contributed by atoms with Crippen LogP contribution in [0.4, 0.5) is 0 Å². The molecule has 2 aromatic rings. The first-order chi connectivity index (χ1) is 13.4. The van der Waals surface area contributed by atoms with Crippen LogP contribution in [0, 0.1) is 6.92 Å². The summed E-state index contributed by atoms with van der Waals surface area (Å²) in [5, 5.41) is 3.78. The highest BCUT2D eigenvalue weighted by Gasteiger charge is 2.44. The average Bonchev–Trinajstić information content (AvgIpc) is 3.02. The Kier molecular flexibility index (Phi) is 5.22. The molecule has 2 heterocycles. The largest absolute Gasteiger partial charge is 0.360 e. The van der Waals surface area contributed by atoms with Crippen LogP contribution in [0.3, 0.4) is 0 Å². The first-order valence-electron chi connectivity index (χ1n) is 9.62. The van der Waals surface area contributed by atoms with Gasteiger partial charge in [-0.05, 0) is 25.8 Å². The van der Waals surface area contributed by atoms with Gasteiger partial charge in [0.2, 0.25) is 0 Å². The lowest BCUT2D eigenvalue weighted by Crippen LogP contribution is -2.58. The van der Waals surface area contributed by atoms with Gasteiger partial charge in [0.15, 0.2) is 9.84 Å². The summed E-state index contributed by atoms with van der Waals surface area (Å²) < 4.78 is 30.9. The van der Waals surface area contributed by atoms with Gasteiger partial charge in [-0.3, -0.25) is 4.79 Å². The Labute approximate surface area is 169 Å². The molecule has 0 bridgehead atoms. The molecule has 2 fully saturated rings. The second-order valence-electron chi connectivity index (χ2n) is 7.62. The third-order valence-corrected chi connectivity index (χ3v) is 8.78. The van der Waals surface area contributed by atoms with E-state index < -0.39 is 15.1 Å². The molecule has 1 amide bonds. The lowest BCUT2D eigenvalue weighted by atomic mass is 10.0. The number of sulfone groups is 1. The van der Waals surface area contributed by atoms with Gasteiger partial charge in [-0.25, -0.2) is 8.42 Å². The SMILES string of the molecule is Cc1onc(-c2ccccc2Cl)c1C(=O)N1CC(S(=O)(=O)C2CCCCC2)C1. The van der Waals surface area contributed by atoms with E-state index >= 15 is 0 Å². The van der Waals surface area contributed by atoms with E-state index in [2.05, 4.69) is 5.16 Å². The van der Waals surface area contributed by atoms with E-state index in [0.29, 0.717) is 27.6 Å². The Bertz CT molecular complexity index is 989. The molecule has 1 aliphatic carbocycles. The molecule has 1 aromatic carbocycles. The highest BCUT2D eigenvalue weighted by molar-refractivity contribution is 7.92. The summed E-state index contributed by atoms with van der Waals surface area (Å²) >= 11 is 6.26. The van der Waals surface area contributed by atoms with Gasteiger partial charge < -0.3 is 9.42 Å².